The molecular weight excluding hydrogens is 425 g/mol. The number of para-hydroxylation sites is 1. The van der Waals surface area contributed by atoms with Crippen LogP contribution in [-0.4, -0.2) is 39.7 Å². The third-order valence-corrected chi connectivity index (χ3v) is 5.35. The normalized spacial score (nSPS) is 12.7. The van der Waals surface area contributed by atoms with E-state index in [0.29, 0.717) is 10.4 Å². The number of nitrogens with zero attached hydrogens (tertiary/aromatic N) is 1. The van der Waals surface area contributed by atoms with Crippen LogP contribution < -0.4 is 9.62 Å². The molecule has 0 saturated carbocycles. The fourth-order valence-corrected chi connectivity index (χ4v) is 3.91. The Morgan fingerprint density at radius 1 is 1.10 bits per heavy atom. The third kappa shape index (κ3) is 5.29. The number of hydrogen-bond acceptors (Lipinski definition) is 5. The van der Waals surface area contributed by atoms with Crippen LogP contribution in [0.1, 0.15) is 22.8 Å². The van der Waals surface area contributed by atoms with Crippen molar-refractivity contribution in [1.29, 1.82) is 0 Å². The number of sulfonamides is 1. The summed E-state index contributed by atoms with van der Waals surface area (Å²) in [6.07, 6.45) is -3.91. The van der Waals surface area contributed by atoms with E-state index in [-0.39, 0.29) is 16.9 Å². The summed E-state index contributed by atoms with van der Waals surface area (Å²) in [4.78, 5) is 24.6. The number of methoxy groups -OCH3 is 1. The summed E-state index contributed by atoms with van der Waals surface area (Å²) < 4.78 is 68.9. The molecule has 1 atom stereocenters. The highest BCUT2D eigenvalue weighted by Gasteiger charge is 2.34. The molecule has 0 fully saturated rings. The van der Waals surface area contributed by atoms with Crippen LogP contribution >= 0.6 is 0 Å². The van der Waals surface area contributed by atoms with Crippen molar-refractivity contribution in [3.8, 4) is 0 Å². The van der Waals surface area contributed by atoms with Gasteiger partial charge in [0.2, 0.25) is 15.9 Å². The van der Waals surface area contributed by atoms with Crippen molar-refractivity contribution in [3.05, 3.63) is 59.7 Å². The number of halogens is 3. The van der Waals surface area contributed by atoms with Crippen LogP contribution in [0.25, 0.3) is 0 Å². The lowest BCUT2D eigenvalue weighted by molar-refractivity contribution is -0.137. The van der Waals surface area contributed by atoms with Gasteiger partial charge in [0.15, 0.2) is 0 Å². The molecule has 0 bridgehead atoms. The molecule has 162 valence electrons. The molecular formula is C19H19F3N2O5S. The molecule has 2 aromatic carbocycles. The van der Waals surface area contributed by atoms with Crippen LogP contribution in [0.2, 0.25) is 0 Å². The monoisotopic (exact) mass is 444 g/mol. The Labute approximate surface area is 171 Å². The smallest absolute Gasteiger partial charge is 0.416 e. The number of amides is 1. The van der Waals surface area contributed by atoms with Crippen molar-refractivity contribution in [2.75, 3.05) is 23.0 Å². The maximum absolute atomic E-state index is 13.0. The number of rotatable bonds is 6. The first-order valence-electron chi connectivity index (χ1n) is 8.51. The van der Waals surface area contributed by atoms with Gasteiger partial charge in [-0.25, -0.2) is 13.2 Å². The van der Waals surface area contributed by atoms with Gasteiger partial charge in [-0.2, -0.15) is 13.2 Å². The van der Waals surface area contributed by atoms with E-state index in [1.165, 1.54) is 31.2 Å². The molecule has 1 amide bonds. The maximum Gasteiger partial charge on any atom is 0.416 e. The Morgan fingerprint density at radius 2 is 1.73 bits per heavy atom. The molecule has 0 radical (unpaired) electrons. The van der Waals surface area contributed by atoms with E-state index in [0.717, 1.165) is 31.6 Å². The molecule has 0 unspecified atom stereocenters. The van der Waals surface area contributed by atoms with Crippen LogP contribution in [0.3, 0.4) is 0 Å². The lowest BCUT2D eigenvalue weighted by Crippen LogP contribution is -2.45. The minimum absolute atomic E-state index is 0.0329. The molecule has 0 heterocycles. The largest absolute Gasteiger partial charge is 0.465 e. The zero-order chi connectivity index (χ0) is 22.7. The van der Waals surface area contributed by atoms with E-state index in [9.17, 15) is 31.2 Å². The number of carbonyl (C=O) groups is 2. The number of nitrogens with one attached hydrogen (secondary N) is 1. The summed E-state index contributed by atoms with van der Waals surface area (Å²) in [6, 6.07) is 8.10. The first-order valence-corrected chi connectivity index (χ1v) is 10.4. The lowest BCUT2D eigenvalue weighted by Gasteiger charge is -2.29. The Balaban J connectivity index is 2.41. The van der Waals surface area contributed by atoms with Crippen molar-refractivity contribution >= 4 is 33.3 Å². The van der Waals surface area contributed by atoms with Crippen molar-refractivity contribution in [2.24, 2.45) is 0 Å². The minimum atomic E-state index is -4.69. The zero-order valence-corrected chi connectivity index (χ0v) is 17.0. The highest BCUT2D eigenvalue weighted by molar-refractivity contribution is 7.92. The van der Waals surface area contributed by atoms with Crippen LogP contribution in [0.15, 0.2) is 48.5 Å². The van der Waals surface area contributed by atoms with Crippen molar-refractivity contribution in [3.63, 3.8) is 0 Å². The average Bonchev–Trinajstić information content (AvgIpc) is 2.66. The second kappa shape index (κ2) is 8.74. The number of alkyl halides is 3. The minimum Gasteiger partial charge on any atom is -0.465 e. The van der Waals surface area contributed by atoms with Gasteiger partial charge in [0.1, 0.15) is 6.04 Å². The highest BCUT2D eigenvalue weighted by atomic mass is 32.2. The number of hydrogen-bond donors (Lipinski definition) is 1. The molecule has 30 heavy (non-hydrogen) atoms. The quantitative estimate of drug-likeness (QED) is 0.691. The molecule has 11 heteroatoms. The van der Waals surface area contributed by atoms with Gasteiger partial charge in [-0.15, -0.1) is 0 Å². The molecule has 0 spiro atoms. The van der Waals surface area contributed by atoms with Gasteiger partial charge < -0.3 is 10.1 Å². The van der Waals surface area contributed by atoms with Gasteiger partial charge in [0, 0.05) is 0 Å². The van der Waals surface area contributed by atoms with E-state index in [1.54, 1.807) is 0 Å². The Kier molecular flexibility index (Phi) is 6.76. The molecule has 1 N–H and O–H groups in total. The molecule has 0 aliphatic rings. The van der Waals surface area contributed by atoms with E-state index in [4.69, 9.17) is 0 Å². The van der Waals surface area contributed by atoms with Crippen molar-refractivity contribution < 1.29 is 35.9 Å². The number of carbonyl (C=O) groups excluding carboxylic acids is 2. The van der Waals surface area contributed by atoms with Crippen LogP contribution in [0.4, 0.5) is 24.5 Å². The molecule has 2 aromatic rings. The first kappa shape index (κ1) is 23.2. The number of esters is 1. The standard InChI is InChI=1S/C19H19F3N2O5S/c1-12(17(25)23-16-10-5-4-9-15(16)18(26)29-2)24(30(3,27)28)14-8-6-7-13(11-14)19(20,21)22/h4-12H,1-3H3,(H,23,25)/t12-/m1/s1. The van der Waals surface area contributed by atoms with Crippen LogP contribution in [-0.2, 0) is 25.7 Å². The Morgan fingerprint density at radius 3 is 2.30 bits per heavy atom. The second-order valence-corrected chi connectivity index (χ2v) is 8.17. The SMILES string of the molecule is COC(=O)c1ccccc1NC(=O)[C@@H](C)N(c1cccc(C(F)(F)F)c1)S(C)(=O)=O. The molecule has 7 nitrogen and oxygen atoms in total. The van der Waals surface area contributed by atoms with E-state index in [2.05, 4.69) is 10.1 Å². The predicted octanol–water partition coefficient (Wildman–Crippen LogP) is 3.29. The third-order valence-electron chi connectivity index (χ3n) is 4.11. The van der Waals surface area contributed by atoms with E-state index >= 15 is 0 Å². The topological polar surface area (TPSA) is 92.8 Å². The van der Waals surface area contributed by atoms with Gasteiger partial charge in [-0.1, -0.05) is 18.2 Å². The number of benzene rings is 2. The van der Waals surface area contributed by atoms with Gasteiger partial charge in [0.05, 0.1) is 35.9 Å². The summed E-state index contributed by atoms with van der Waals surface area (Å²) in [6.45, 7) is 1.22. The van der Waals surface area contributed by atoms with Gasteiger partial charge >= 0.3 is 12.1 Å². The fraction of sp³-hybridized carbons (Fsp3) is 0.263. The summed E-state index contributed by atoms with van der Waals surface area (Å²) >= 11 is 0. The number of ether oxygens (including phenoxy) is 1. The van der Waals surface area contributed by atoms with E-state index < -0.39 is 39.7 Å². The molecule has 0 aromatic heterocycles. The summed E-state index contributed by atoms with van der Waals surface area (Å²) in [5.74, 6) is -1.58. The van der Waals surface area contributed by atoms with Gasteiger partial charge in [-0.3, -0.25) is 9.10 Å². The average molecular weight is 444 g/mol. The first-order chi connectivity index (χ1) is 13.9. The van der Waals surface area contributed by atoms with Crippen LogP contribution in [0.5, 0.6) is 0 Å². The molecule has 0 saturated heterocycles. The fourth-order valence-electron chi connectivity index (χ4n) is 2.75. The summed E-state index contributed by atoms with van der Waals surface area (Å²) in [5, 5.41) is 2.42. The Bertz CT molecular complexity index is 1050. The molecule has 0 aliphatic heterocycles. The van der Waals surface area contributed by atoms with Crippen molar-refractivity contribution in [1.82, 2.24) is 0 Å². The van der Waals surface area contributed by atoms with Crippen molar-refractivity contribution in [2.45, 2.75) is 19.1 Å². The molecule has 2 rings (SSSR count). The van der Waals surface area contributed by atoms with Gasteiger partial charge in [-0.05, 0) is 37.3 Å². The number of anilines is 2. The highest BCUT2D eigenvalue weighted by Crippen LogP contribution is 2.33. The zero-order valence-electron chi connectivity index (χ0n) is 16.2. The maximum atomic E-state index is 13.0. The van der Waals surface area contributed by atoms with E-state index in [1.807, 2.05) is 0 Å². The summed E-state index contributed by atoms with van der Waals surface area (Å²) in [5.41, 5.74) is -1.28. The Hall–Kier alpha value is -3.08. The predicted molar refractivity (Wildman–Crippen MR) is 105 cm³/mol. The van der Waals surface area contributed by atoms with Gasteiger partial charge in [0.25, 0.3) is 0 Å². The molecule has 0 aliphatic carbocycles. The summed E-state index contributed by atoms with van der Waals surface area (Å²) in [7, 11) is -2.98. The lowest BCUT2D eigenvalue weighted by atomic mass is 10.1. The second-order valence-electron chi connectivity index (χ2n) is 6.31. The van der Waals surface area contributed by atoms with Crippen LogP contribution in [0, 0.1) is 0 Å².